The van der Waals surface area contributed by atoms with Gasteiger partial charge in [-0.3, -0.25) is 14.2 Å². The lowest BCUT2D eigenvalue weighted by atomic mass is 9.97. The molecule has 1 amide bonds. The highest BCUT2D eigenvalue weighted by Gasteiger charge is 2.24. The van der Waals surface area contributed by atoms with Gasteiger partial charge in [0.1, 0.15) is 4.83 Å². The molecule has 0 bridgehead atoms. The number of rotatable bonds is 5. The van der Waals surface area contributed by atoms with Crippen molar-refractivity contribution in [1.29, 1.82) is 0 Å². The fraction of sp³-hybridized carbons (Fsp3) is 0.500. The summed E-state index contributed by atoms with van der Waals surface area (Å²) >= 11 is 2.98. The lowest BCUT2D eigenvalue weighted by molar-refractivity contribution is -0.127. The third kappa shape index (κ3) is 3.40. The molecule has 2 aromatic heterocycles. The van der Waals surface area contributed by atoms with Gasteiger partial charge in [-0.15, -0.1) is 17.9 Å². The fourth-order valence-electron chi connectivity index (χ4n) is 3.17. The van der Waals surface area contributed by atoms with Crippen molar-refractivity contribution in [1.82, 2.24) is 14.5 Å². The molecule has 2 heterocycles. The first kappa shape index (κ1) is 18.2. The topological polar surface area (TPSA) is 55.2 Å². The molecule has 2 aromatic rings. The molecule has 1 atom stereocenters. The second kappa shape index (κ2) is 7.33. The van der Waals surface area contributed by atoms with Crippen molar-refractivity contribution in [3.63, 3.8) is 0 Å². The Bertz CT molecular complexity index is 883. The molecule has 0 saturated heterocycles. The van der Waals surface area contributed by atoms with E-state index in [2.05, 4.69) is 6.58 Å². The molecule has 0 unspecified atom stereocenters. The highest BCUT2D eigenvalue weighted by molar-refractivity contribution is 8.00. The molecule has 0 aliphatic heterocycles. The molecule has 3 rings (SSSR count). The Morgan fingerprint density at radius 2 is 2.16 bits per heavy atom. The van der Waals surface area contributed by atoms with Gasteiger partial charge in [-0.2, -0.15) is 0 Å². The molecule has 1 aliphatic rings. The molecule has 0 saturated carbocycles. The van der Waals surface area contributed by atoms with Gasteiger partial charge in [0.25, 0.3) is 5.56 Å². The zero-order chi connectivity index (χ0) is 18.1. The van der Waals surface area contributed by atoms with E-state index in [0.29, 0.717) is 11.7 Å². The lowest BCUT2D eigenvalue weighted by Gasteiger charge is -2.18. The predicted octanol–water partition coefficient (Wildman–Crippen LogP) is 3.09. The number of thiophene rings is 1. The van der Waals surface area contributed by atoms with Crippen LogP contribution in [0.2, 0.25) is 0 Å². The summed E-state index contributed by atoms with van der Waals surface area (Å²) in [6.45, 7) is 6.02. The van der Waals surface area contributed by atoms with Crippen molar-refractivity contribution in [3.8, 4) is 0 Å². The number of aryl methyl sites for hydroxylation is 2. The minimum absolute atomic E-state index is 0.00342. The van der Waals surface area contributed by atoms with E-state index in [1.54, 1.807) is 41.0 Å². The van der Waals surface area contributed by atoms with E-state index in [9.17, 15) is 9.59 Å². The number of carbonyl (C=O) groups excluding carboxylic acids is 1. The van der Waals surface area contributed by atoms with Crippen molar-refractivity contribution in [2.75, 3.05) is 14.1 Å². The summed E-state index contributed by atoms with van der Waals surface area (Å²) in [4.78, 5) is 33.8. The molecule has 0 N–H and O–H groups in total. The van der Waals surface area contributed by atoms with Gasteiger partial charge in [0.2, 0.25) is 5.91 Å². The SMILES string of the molecule is C=CCn1c(S[C@H](C)C(=O)N(C)C)nc2sc3c(c2c1=O)CCCC3. The van der Waals surface area contributed by atoms with Gasteiger partial charge < -0.3 is 4.90 Å². The number of amides is 1. The molecule has 1 aliphatic carbocycles. The van der Waals surface area contributed by atoms with E-state index in [1.807, 2.05) is 6.92 Å². The first-order valence-corrected chi connectivity index (χ1v) is 10.2. The van der Waals surface area contributed by atoms with Crippen LogP contribution in [0.1, 0.15) is 30.2 Å². The van der Waals surface area contributed by atoms with Gasteiger partial charge in [0.15, 0.2) is 5.16 Å². The monoisotopic (exact) mass is 377 g/mol. The maximum Gasteiger partial charge on any atom is 0.263 e. The van der Waals surface area contributed by atoms with Crippen molar-refractivity contribution < 1.29 is 4.79 Å². The largest absolute Gasteiger partial charge is 0.348 e. The van der Waals surface area contributed by atoms with Crippen LogP contribution in [0.25, 0.3) is 10.2 Å². The van der Waals surface area contributed by atoms with Crippen molar-refractivity contribution in [2.45, 2.75) is 49.6 Å². The molecular formula is C18H23N3O2S2. The minimum atomic E-state index is -0.301. The van der Waals surface area contributed by atoms with Crippen LogP contribution < -0.4 is 5.56 Å². The Balaban J connectivity index is 2.11. The second-order valence-corrected chi connectivity index (χ2v) is 8.87. The van der Waals surface area contributed by atoms with E-state index in [4.69, 9.17) is 4.98 Å². The van der Waals surface area contributed by atoms with Crippen molar-refractivity contribution in [2.24, 2.45) is 0 Å². The highest BCUT2D eigenvalue weighted by Crippen LogP contribution is 2.35. The maximum atomic E-state index is 13.1. The zero-order valence-electron chi connectivity index (χ0n) is 14.9. The number of thioether (sulfide) groups is 1. The van der Waals surface area contributed by atoms with E-state index in [0.717, 1.165) is 29.5 Å². The quantitative estimate of drug-likeness (QED) is 0.456. The number of aromatic nitrogens is 2. The summed E-state index contributed by atoms with van der Waals surface area (Å²) < 4.78 is 1.65. The number of nitrogens with zero attached hydrogens (tertiary/aromatic N) is 3. The van der Waals surface area contributed by atoms with Gasteiger partial charge >= 0.3 is 0 Å². The van der Waals surface area contributed by atoms with Gasteiger partial charge in [0, 0.05) is 25.5 Å². The predicted molar refractivity (Wildman–Crippen MR) is 105 cm³/mol. The number of carbonyl (C=O) groups is 1. The average Bonchev–Trinajstić information content (AvgIpc) is 2.95. The summed E-state index contributed by atoms with van der Waals surface area (Å²) in [5, 5.41) is 1.07. The van der Waals surface area contributed by atoms with Crippen LogP contribution in [-0.4, -0.2) is 39.7 Å². The summed E-state index contributed by atoms with van der Waals surface area (Å²) in [7, 11) is 3.47. The molecule has 5 nitrogen and oxygen atoms in total. The van der Waals surface area contributed by atoms with E-state index >= 15 is 0 Å². The van der Waals surface area contributed by atoms with E-state index in [1.165, 1.54) is 28.6 Å². The van der Waals surface area contributed by atoms with Gasteiger partial charge in [-0.1, -0.05) is 17.8 Å². The Kier molecular flexibility index (Phi) is 5.34. The van der Waals surface area contributed by atoms with Crippen LogP contribution in [0.5, 0.6) is 0 Å². The molecule has 7 heteroatoms. The first-order chi connectivity index (χ1) is 11.9. The van der Waals surface area contributed by atoms with Gasteiger partial charge in [-0.05, 0) is 38.2 Å². The summed E-state index contributed by atoms with van der Waals surface area (Å²) in [6, 6.07) is 0. The first-order valence-electron chi connectivity index (χ1n) is 8.47. The molecular weight excluding hydrogens is 354 g/mol. The number of allylic oxidation sites excluding steroid dienone is 1. The van der Waals surface area contributed by atoms with Crippen LogP contribution in [0.15, 0.2) is 22.6 Å². The normalized spacial score (nSPS) is 15.0. The van der Waals surface area contributed by atoms with Crippen LogP contribution in [-0.2, 0) is 24.2 Å². The molecule has 0 fully saturated rings. The standard InChI is InChI=1S/C18H23N3O2S2/c1-5-10-21-17(23)14-12-8-6-7-9-13(12)25-15(14)19-18(21)24-11(2)16(22)20(3)4/h5,11H,1,6-10H2,2-4H3/t11-/m1/s1. The van der Waals surface area contributed by atoms with E-state index in [-0.39, 0.29) is 16.7 Å². The van der Waals surface area contributed by atoms with Crippen LogP contribution in [0.4, 0.5) is 0 Å². The van der Waals surface area contributed by atoms with Crippen LogP contribution in [0.3, 0.4) is 0 Å². The summed E-state index contributed by atoms with van der Waals surface area (Å²) in [5.74, 6) is 0.00923. The molecule has 0 radical (unpaired) electrons. The van der Waals surface area contributed by atoms with Gasteiger partial charge in [-0.25, -0.2) is 4.98 Å². The zero-order valence-corrected chi connectivity index (χ0v) is 16.5. The number of fused-ring (bicyclic) bond motifs is 3. The number of hydrogen-bond acceptors (Lipinski definition) is 5. The molecule has 25 heavy (non-hydrogen) atoms. The van der Waals surface area contributed by atoms with Crippen LogP contribution in [0, 0.1) is 0 Å². The molecule has 0 aromatic carbocycles. The third-order valence-electron chi connectivity index (χ3n) is 4.42. The Morgan fingerprint density at radius 3 is 2.84 bits per heavy atom. The Morgan fingerprint density at radius 1 is 1.44 bits per heavy atom. The third-order valence-corrected chi connectivity index (χ3v) is 6.69. The van der Waals surface area contributed by atoms with Crippen LogP contribution >= 0.6 is 23.1 Å². The summed E-state index contributed by atoms with van der Waals surface area (Å²) in [5.41, 5.74) is 1.19. The molecule has 0 spiro atoms. The molecule has 134 valence electrons. The highest BCUT2D eigenvalue weighted by atomic mass is 32.2. The van der Waals surface area contributed by atoms with E-state index < -0.39 is 0 Å². The lowest BCUT2D eigenvalue weighted by Crippen LogP contribution is -2.31. The minimum Gasteiger partial charge on any atom is -0.348 e. The summed E-state index contributed by atoms with van der Waals surface area (Å²) in [6.07, 6.45) is 6.01. The second-order valence-electron chi connectivity index (χ2n) is 6.48. The Labute approximate surface area is 155 Å². The smallest absolute Gasteiger partial charge is 0.263 e. The van der Waals surface area contributed by atoms with Gasteiger partial charge in [0.05, 0.1) is 10.6 Å². The Hall–Kier alpha value is -1.60. The van der Waals surface area contributed by atoms with Crippen molar-refractivity contribution >= 4 is 39.2 Å². The average molecular weight is 378 g/mol. The number of hydrogen-bond donors (Lipinski definition) is 0. The maximum absolute atomic E-state index is 13.1. The van der Waals surface area contributed by atoms with Crippen molar-refractivity contribution in [3.05, 3.63) is 33.4 Å². The fourth-order valence-corrected chi connectivity index (χ4v) is 5.54.